The fourth-order valence-electron chi connectivity index (χ4n) is 0.921. The van der Waals surface area contributed by atoms with Gasteiger partial charge in [-0.2, -0.15) is 0 Å². The fraction of sp³-hybridized carbons (Fsp3) is 0.667. The molecule has 2 rings (SSSR count). The van der Waals surface area contributed by atoms with Crippen LogP contribution in [-0.4, -0.2) is 23.3 Å². The molecule has 2 heterocycles. The molecule has 0 aromatic carbocycles. The standard InChI is InChI=1S/C6H9N3S.ClH/c1-5-7-8-6(10-5)9-3-2-4-9;/h2-4H2,1H3;1H. The van der Waals surface area contributed by atoms with Gasteiger partial charge in [-0.3, -0.25) is 0 Å². The minimum atomic E-state index is 0. The van der Waals surface area contributed by atoms with E-state index in [-0.39, 0.29) is 12.4 Å². The molecule has 0 bridgehead atoms. The highest BCUT2D eigenvalue weighted by atomic mass is 35.5. The highest BCUT2D eigenvalue weighted by Crippen LogP contribution is 2.23. The summed E-state index contributed by atoms with van der Waals surface area (Å²) < 4.78 is 0. The molecule has 1 saturated heterocycles. The van der Waals surface area contributed by atoms with Crippen molar-refractivity contribution in [2.75, 3.05) is 18.0 Å². The molecular formula is C6H10ClN3S. The van der Waals surface area contributed by atoms with Gasteiger partial charge in [0.05, 0.1) is 0 Å². The van der Waals surface area contributed by atoms with E-state index < -0.39 is 0 Å². The average Bonchev–Trinajstić information content (AvgIpc) is 2.10. The van der Waals surface area contributed by atoms with Crippen LogP contribution in [0.5, 0.6) is 0 Å². The van der Waals surface area contributed by atoms with Gasteiger partial charge < -0.3 is 4.90 Å². The van der Waals surface area contributed by atoms with E-state index in [4.69, 9.17) is 0 Å². The molecule has 0 radical (unpaired) electrons. The number of hydrogen-bond donors (Lipinski definition) is 0. The Morgan fingerprint density at radius 3 is 2.45 bits per heavy atom. The van der Waals surface area contributed by atoms with Crippen LogP contribution in [0, 0.1) is 6.92 Å². The van der Waals surface area contributed by atoms with Gasteiger partial charge in [-0.1, -0.05) is 11.3 Å². The van der Waals surface area contributed by atoms with Crippen LogP contribution in [0.15, 0.2) is 0 Å². The van der Waals surface area contributed by atoms with Crippen molar-refractivity contribution in [2.24, 2.45) is 0 Å². The molecule has 0 atom stereocenters. The molecule has 3 nitrogen and oxygen atoms in total. The van der Waals surface area contributed by atoms with Gasteiger partial charge in [0.1, 0.15) is 5.01 Å². The summed E-state index contributed by atoms with van der Waals surface area (Å²) in [6.45, 7) is 4.31. The molecule has 0 unspecified atom stereocenters. The Labute approximate surface area is 75.8 Å². The Morgan fingerprint density at radius 1 is 1.36 bits per heavy atom. The van der Waals surface area contributed by atoms with Gasteiger partial charge in [0.25, 0.3) is 0 Å². The van der Waals surface area contributed by atoms with Crippen molar-refractivity contribution in [3.63, 3.8) is 0 Å². The third-order valence-electron chi connectivity index (χ3n) is 1.64. The SMILES string of the molecule is Cc1nnc(N2CCC2)s1.Cl. The van der Waals surface area contributed by atoms with Crippen LogP contribution in [0.2, 0.25) is 0 Å². The molecular weight excluding hydrogens is 182 g/mol. The molecule has 1 aromatic heterocycles. The van der Waals surface area contributed by atoms with Crippen LogP contribution < -0.4 is 4.90 Å². The number of aryl methyl sites for hydroxylation is 1. The Balaban J connectivity index is 0.000000605. The predicted octanol–water partition coefficient (Wildman–Crippen LogP) is 1.48. The van der Waals surface area contributed by atoms with E-state index >= 15 is 0 Å². The van der Waals surface area contributed by atoms with E-state index in [0.29, 0.717) is 0 Å². The zero-order valence-electron chi connectivity index (χ0n) is 6.28. The Bertz CT molecular complexity index is 233. The minimum Gasteiger partial charge on any atom is -0.347 e. The van der Waals surface area contributed by atoms with Crippen molar-refractivity contribution in [3.8, 4) is 0 Å². The van der Waals surface area contributed by atoms with E-state index in [1.165, 1.54) is 6.42 Å². The third kappa shape index (κ3) is 1.62. The summed E-state index contributed by atoms with van der Waals surface area (Å²) in [6.07, 6.45) is 1.30. The third-order valence-corrected chi connectivity index (χ3v) is 2.54. The highest BCUT2D eigenvalue weighted by Gasteiger charge is 2.17. The summed E-state index contributed by atoms with van der Waals surface area (Å²) in [4.78, 5) is 2.25. The van der Waals surface area contributed by atoms with Crippen molar-refractivity contribution in [2.45, 2.75) is 13.3 Å². The van der Waals surface area contributed by atoms with Crippen LogP contribution >= 0.6 is 23.7 Å². The Morgan fingerprint density at radius 2 is 2.09 bits per heavy atom. The molecule has 0 amide bonds. The largest absolute Gasteiger partial charge is 0.347 e. The summed E-state index contributed by atoms with van der Waals surface area (Å²) in [6, 6.07) is 0. The Hall–Kier alpha value is -0.350. The highest BCUT2D eigenvalue weighted by molar-refractivity contribution is 7.15. The zero-order chi connectivity index (χ0) is 6.97. The second-order valence-electron chi connectivity index (χ2n) is 2.44. The number of nitrogens with zero attached hydrogens (tertiary/aromatic N) is 3. The summed E-state index contributed by atoms with van der Waals surface area (Å²) in [5.41, 5.74) is 0. The van der Waals surface area contributed by atoms with Crippen molar-refractivity contribution in [1.82, 2.24) is 10.2 Å². The number of anilines is 1. The molecule has 62 valence electrons. The van der Waals surface area contributed by atoms with Crippen LogP contribution in [0.4, 0.5) is 5.13 Å². The lowest BCUT2D eigenvalue weighted by Gasteiger charge is -2.29. The summed E-state index contributed by atoms with van der Waals surface area (Å²) in [5, 5.41) is 10.1. The van der Waals surface area contributed by atoms with Gasteiger partial charge in [0.15, 0.2) is 0 Å². The minimum absolute atomic E-state index is 0. The van der Waals surface area contributed by atoms with Crippen LogP contribution in [0.1, 0.15) is 11.4 Å². The summed E-state index contributed by atoms with van der Waals surface area (Å²) in [7, 11) is 0. The first-order valence-electron chi connectivity index (χ1n) is 3.41. The maximum atomic E-state index is 4.03. The van der Waals surface area contributed by atoms with Crippen molar-refractivity contribution < 1.29 is 0 Å². The topological polar surface area (TPSA) is 29.0 Å². The second-order valence-corrected chi connectivity index (χ2v) is 3.60. The lowest BCUT2D eigenvalue weighted by atomic mass is 10.2. The molecule has 1 fully saturated rings. The number of hydrogen-bond acceptors (Lipinski definition) is 4. The number of aromatic nitrogens is 2. The summed E-state index contributed by atoms with van der Waals surface area (Å²) >= 11 is 1.68. The van der Waals surface area contributed by atoms with Crippen LogP contribution in [-0.2, 0) is 0 Å². The van der Waals surface area contributed by atoms with Gasteiger partial charge in [0.2, 0.25) is 5.13 Å². The normalized spacial score (nSPS) is 15.5. The van der Waals surface area contributed by atoms with E-state index in [2.05, 4.69) is 15.1 Å². The smallest absolute Gasteiger partial charge is 0.208 e. The van der Waals surface area contributed by atoms with Gasteiger partial charge in [0, 0.05) is 13.1 Å². The lowest BCUT2D eigenvalue weighted by molar-refractivity contribution is 0.613. The molecule has 1 aliphatic heterocycles. The van der Waals surface area contributed by atoms with E-state index in [0.717, 1.165) is 23.2 Å². The molecule has 0 N–H and O–H groups in total. The fourth-order valence-corrected chi connectivity index (χ4v) is 1.66. The molecule has 0 spiro atoms. The number of rotatable bonds is 1. The molecule has 5 heteroatoms. The van der Waals surface area contributed by atoms with Gasteiger partial charge in [-0.05, 0) is 13.3 Å². The van der Waals surface area contributed by atoms with E-state index in [9.17, 15) is 0 Å². The molecule has 0 aliphatic carbocycles. The van der Waals surface area contributed by atoms with Crippen LogP contribution in [0.25, 0.3) is 0 Å². The number of halogens is 1. The second kappa shape index (κ2) is 3.36. The summed E-state index contributed by atoms with van der Waals surface area (Å²) in [5.74, 6) is 0. The predicted molar refractivity (Wildman–Crippen MR) is 48.7 cm³/mol. The molecule has 11 heavy (non-hydrogen) atoms. The van der Waals surface area contributed by atoms with Crippen molar-refractivity contribution >= 4 is 28.9 Å². The zero-order valence-corrected chi connectivity index (χ0v) is 7.91. The van der Waals surface area contributed by atoms with Crippen molar-refractivity contribution in [3.05, 3.63) is 5.01 Å². The maximum absolute atomic E-state index is 4.03. The molecule has 1 aromatic rings. The first kappa shape index (κ1) is 8.74. The lowest BCUT2D eigenvalue weighted by Crippen LogP contribution is -2.36. The maximum Gasteiger partial charge on any atom is 0.208 e. The Kier molecular flexibility index (Phi) is 2.67. The van der Waals surface area contributed by atoms with Gasteiger partial charge >= 0.3 is 0 Å². The van der Waals surface area contributed by atoms with E-state index in [1.54, 1.807) is 11.3 Å². The molecule has 0 saturated carbocycles. The van der Waals surface area contributed by atoms with Gasteiger partial charge in [-0.15, -0.1) is 22.6 Å². The van der Waals surface area contributed by atoms with Crippen LogP contribution in [0.3, 0.4) is 0 Å². The average molecular weight is 192 g/mol. The first-order valence-corrected chi connectivity index (χ1v) is 4.23. The monoisotopic (exact) mass is 191 g/mol. The quantitative estimate of drug-likeness (QED) is 0.674. The first-order chi connectivity index (χ1) is 4.86. The van der Waals surface area contributed by atoms with Gasteiger partial charge in [-0.25, -0.2) is 0 Å². The van der Waals surface area contributed by atoms with E-state index in [1.807, 2.05) is 6.92 Å². The molecule has 1 aliphatic rings. The van der Waals surface area contributed by atoms with Crippen molar-refractivity contribution in [1.29, 1.82) is 0 Å².